The van der Waals surface area contributed by atoms with Crippen molar-refractivity contribution in [3.8, 4) is 17.1 Å². The maximum Gasteiger partial charge on any atom is 0.241 e. The molecular formula is C26H25N5O2S. The van der Waals surface area contributed by atoms with Crippen LogP contribution in [0.3, 0.4) is 0 Å². The van der Waals surface area contributed by atoms with E-state index in [0.717, 1.165) is 22.4 Å². The summed E-state index contributed by atoms with van der Waals surface area (Å²) in [5.74, 6) is 1.24. The van der Waals surface area contributed by atoms with E-state index in [1.807, 2.05) is 96.4 Å². The third-order valence-corrected chi connectivity index (χ3v) is 5.44. The third-order valence-electron chi connectivity index (χ3n) is 5.13. The number of carbonyl (C=O) groups excluding carboxylic acids is 1. The quantitative estimate of drug-likeness (QED) is 0.205. The van der Waals surface area contributed by atoms with Crippen molar-refractivity contribution < 1.29 is 9.53 Å². The molecule has 34 heavy (non-hydrogen) atoms. The van der Waals surface area contributed by atoms with Crippen LogP contribution in [0.5, 0.6) is 5.75 Å². The van der Waals surface area contributed by atoms with Crippen molar-refractivity contribution in [1.29, 1.82) is 0 Å². The number of ether oxygens (including phenoxy) is 1. The van der Waals surface area contributed by atoms with E-state index in [0.29, 0.717) is 29.5 Å². The molecule has 7 nitrogen and oxygen atoms in total. The maximum atomic E-state index is 12.7. The number of nitrogens with zero attached hydrogens (tertiary/aromatic N) is 3. The Kier molecular flexibility index (Phi) is 7.62. The number of hydrogen-bond donors (Lipinski definition) is 2. The lowest BCUT2D eigenvalue weighted by Gasteiger charge is -2.09. The van der Waals surface area contributed by atoms with Crippen molar-refractivity contribution in [3.05, 3.63) is 101 Å². The van der Waals surface area contributed by atoms with Gasteiger partial charge in [-0.25, -0.2) is 5.43 Å². The second-order valence-electron chi connectivity index (χ2n) is 7.44. The fourth-order valence-corrected chi connectivity index (χ4v) is 3.71. The van der Waals surface area contributed by atoms with Gasteiger partial charge >= 0.3 is 0 Å². The summed E-state index contributed by atoms with van der Waals surface area (Å²) in [5, 5.41) is 11.6. The number of aromatic amines is 1. The molecule has 2 N–H and O–H groups in total. The van der Waals surface area contributed by atoms with Gasteiger partial charge in [0.1, 0.15) is 5.75 Å². The first kappa shape index (κ1) is 23.1. The van der Waals surface area contributed by atoms with E-state index in [9.17, 15) is 4.79 Å². The number of hydrazone groups is 1. The summed E-state index contributed by atoms with van der Waals surface area (Å²) in [5.41, 5.74) is 6.12. The van der Waals surface area contributed by atoms with Crippen LogP contribution >= 0.6 is 12.2 Å². The minimum absolute atomic E-state index is 0.193. The van der Waals surface area contributed by atoms with Gasteiger partial charge in [-0.3, -0.25) is 14.5 Å². The molecule has 0 bridgehead atoms. The highest BCUT2D eigenvalue weighted by atomic mass is 32.1. The number of benzene rings is 3. The first-order valence-electron chi connectivity index (χ1n) is 11.0. The molecule has 3 aromatic carbocycles. The SMILES string of the molecule is CCOc1ccc(-c2n[nH]c(=S)n2CCC(=O)NN=C(c2ccccc2)c2ccccc2)cc1. The molecule has 1 aromatic heterocycles. The van der Waals surface area contributed by atoms with Crippen molar-refractivity contribution in [2.75, 3.05) is 6.61 Å². The van der Waals surface area contributed by atoms with Crippen LogP contribution in [0, 0.1) is 4.77 Å². The van der Waals surface area contributed by atoms with Crippen molar-refractivity contribution in [2.24, 2.45) is 5.10 Å². The lowest BCUT2D eigenvalue weighted by Crippen LogP contribution is -2.22. The van der Waals surface area contributed by atoms with Crippen LogP contribution in [-0.2, 0) is 11.3 Å². The smallest absolute Gasteiger partial charge is 0.241 e. The van der Waals surface area contributed by atoms with Gasteiger partial charge in [0.2, 0.25) is 5.91 Å². The van der Waals surface area contributed by atoms with Crippen molar-refractivity contribution >= 4 is 23.8 Å². The first-order chi connectivity index (χ1) is 16.7. The number of rotatable bonds is 9. The molecule has 0 saturated heterocycles. The lowest BCUT2D eigenvalue weighted by molar-refractivity contribution is -0.121. The third kappa shape index (κ3) is 5.65. The van der Waals surface area contributed by atoms with Gasteiger partial charge in [-0.05, 0) is 43.4 Å². The molecule has 0 radical (unpaired) electrons. The Morgan fingerprint density at radius 3 is 2.21 bits per heavy atom. The molecule has 1 amide bonds. The van der Waals surface area contributed by atoms with E-state index in [-0.39, 0.29) is 12.3 Å². The topological polar surface area (TPSA) is 84.3 Å². The molecule has 0 fully saturated rings. The highest BCUT2D eigenvalue weighted by Gasteiger charge is 2.12. The summed E-state index contributed by atoms with van der Waals surface area (Å²) in [6, 6.07) is 27.1. The van der Waals surface area contributed by atoms with Gasteiger partial charge in [0, 0.05) is 29.7 Å². The molecular weight excluding hydrogens is 446 g/mol. The van der Waals surface area contributed by atoms with E-state index in [4.69, 9.17) is 17.0 Å². The molecule has 0 atom stereocenters. The van der Waals surface area contributed by atoms with Crippen LogP contribution < -0.4 is 10.2 Å². The van der Waals surface area contributed by atoms with Gasteiger partial charge in [0.05, 0.1) is 12.3 Å². The van der Waals surface area contributed by atoms with Crippen LogP contribution in [0.2, 0.25) is 0 Å². The average molecular weight is 472 g/mol. The minimum Gasteiger partial charge on any atom is -0.494 e. The van der Waals surface area contributed by atoms with E-state index >= 15 is 0 Å². The molecule has 0 spiro atoms. The monoisotopic (exact) mass is 471 g/mol. The Bertz CT molecular complexity index is 1270. The molecule has 0 aliphatic heterocycles. The molecule has 8 heteroatoms. The highest BCUT2D eigenvalue weighted by molar-refractivity contribution is 7.71. The fourth-order valence-electron chi connectivity index (χ4n) is 3.49. The zero-order chi connectivity index (χ0) is 23.8. The van der Waals surface area contributed by atoms with Crippen LogP contribution in [-0.4, -0.2) is 33.0 Å². The fraction of sp³-hybridized carbons (Fsp3) is 0.154. The number of nitrogens with one attached hydrogen (secondary N) is 2. The van der Waals surface area contributed by atoms with Crippen LogP contribution in [0.15, 0.2) is 90.0 Å². The normalized spacial score (nSPS) is 10.5. The first-order valence-corrected chi connectivity index (χ1v) is 11.4. The maximum absolute atomic E-state index is 12.7. The molecule has 4 rings (SSSR count). The van der Waals surface area contributed by atoms with Gasteiger partial charge in [-0.1, -0.05) is 60.7 Å². The Balaban J connectivity index is 1.47. The number of hydrogen-bond acceptors (Lipinski definition) is 5. The summed E-state index contributed by atoms with van der Waals surface area (Å²) in [7, 11) is 0. The lowest BCUT2D eigenvalue weighted by atomic mass is 10.0. The molecule has 0 aliphatic carbocycles. The molecule has 4 aromatic rings. The summed E-state index contributed by atoms with van der Waals surface area (Å²) >= 11 is 5.39. The number of amides is 1. The van der Waals surface area contributed by atoms with Crippen molar-refractivity contribution in [3.63, 3.8) is 0 Å². The van der Waals surface area contributed by atoms with Gasteiger partial charge in [-0.15, -0.1) is 0 Å². The number of aromatic nitrogens is 3. The van der Waals surface area contributed by atoms with Crippen LogP contribution in [0.4, 0.5) is 0 Å². The van der Waals surface area contributed by atoms with Crippen molar-refractivity contribution in [1.82, 2.24) is 20.2 Å². The summed E-state index contributed by atoms with van der Waals surface area (Å²) in [6.45, 7) is 2.91. The van der Waals surface area contributed by atoms with Gasteiger partial charge in [0.25, 0.3) is 0 Å². The zero-order valence-corrected chi connectivity index (χ0v) is 19.6. The Hall–Kier alpha value is -4.04. The van der Waals surface area contributed by atoms with E-state index in [2.05, 4.69) is 20.7 Å². The second-order valence-corrected chi connectivity index (χ2v) is 7.83. The van der Waals surface area contributed by atoms with Crippen LogP contribution in [0.1, 0.15) is 24.5 Å². The van der Waals surface area contributed by atoms with Gasteiger partial charge in [-0.2, -0.15) is 10.2 Å². The largest absolute Gasteiger partial charge is 0.494 e. The molecule has 0 aliphatic rings. The molecule has 1 heterocycles. The average Bonchev–Trinajstić information content (AvgIpc) is 3.25. The Morgan fingerprint density at radius 2 is 1.62 bits per heavy atom. The van der Waals surface area contributed by atoms with Crippen LogP contribution in [0.25, 0.3) is 11.4 Å². The second kappa shape index (κ2) is 11.2. The molecule has 172 valence electrons. The summed E-state index contributed by atoms with van der Waals surface area (Å²) in [4.78, 5) is 12.7. The molecule has 0 unspecified atom stereocenters. The standard InChI is InChI=1S/C26H25N5O2S/c1-2-33-22-15-13-21(14-16-22)25-29-30-26(34)31(25)18-17-23(32)27-28-24(19-9-5-3-6-10-19)20-11-7-4-8-12-20/h3-16H,2,17-18H2,1H3,(H,27,32)(H,30,34). The van der Waals surface area contributed by atoms with Gasteiger partial charge < -0.3 is 4.74 Å². The summed E-state index contributed by atoms with van der Waals surface area (Å²) < 4.78 is 7.76. The minimum atomic E-state index is -0.217. The Morgan fingerprint density at radius 1 is 1.00 bits per heavy atom. The van der Waals surface area contributed by atoms with E-state index in [1.165, 1.54) is 0 Å². The van der Waals surface area contributed by atoms with Crippen molar-refractivity contribution in [2.45, 2.75) is 19.9 Å². The van der Waals surface area contributed by atoms with Gasteiger partial charge in [0.15, 0.2) is 10.6 Å². The number of H-pyrrole nitrogens is 1. The number of carbonyl (C=O) groups is 1. The predicted molar refractivity (Wildman–Crippen MR) is 135 cm³/mol. The summed E-state index contributed by atoms with van der Waals surface area (Å²) in [6.07, 6.45) is 0.193. The highest BCUT2D eigenvalue weighted by Crippen LogP contribution is 2.21. The zero-order valence-electron chi connectivity index (χ0n) is 18.8. The predicted octanol–water partition coefficient (Wildman–Crippen LogP) is 4.97. The Labute approximate surface area is 203 Å². The van der Waals surface area contributed by atoms with E-state index < -0.39 is 0 Å². The molecule has 0 saturated carbocycles. The van der Waals surface area contributed by atoms with E-state index in [1.54, 1.807) is 0 Å².